The second-order valence-electron chi connectivity index (χ2n) is 6.31. The number of nitrogens with zero attached hydrogens (tertiary/aromatic N) is 4. The molecule has 1 unspecified atom stereocenters. The Morgan fingerprint density at radius 2 is 2.30 bits per heavy atom. The molecular formula is C14H19N5O. The van der Waals surface area contributed by atoms with Crippen LogP contribution in [0.5, 0.6) is 0 Å². The van der Waals surface area contributed by atoms with E-state index < -0.39 is 0 Å². The summed E-state index contributed by atoms with van der Waals surface area (Å²) in [5.74, 6) is 0.441. The zero-order valence-corrected chi connectivity index (χ0v) is 12.1. The molecular weight excluding hydrogens is 254 g/mol. The fourth-order valence-electron chi connectivity index (χ4n) is 2.81. The monoisotopic (exact) mass is 273 g/mol. The fourth-order valence-corrected chi connectivity index (χ4v) is 2.81. The van der Waals surface area contributed by atoms with Crippen molar-refractivity contribution >= 4 is 11.7 Å². The summed E-state index contributed by atoms with van der Waals surface area (Å²) in [6, 6.07) is 2.06. The van der Waals surface area contributed by atoms with Gasteiger partial charge in [0, 0.05) is 17.9 Å². The smallest absolute Gasteiger partial charge is 0.291 e. The largest absolute Gasteiger partial charge is 0.347 e. The highest BCUT2D eigenvalue weighted by molar-refractivity contribution is 5.91. The van der Waals surface area contributed by atoms with Gasteiger partial charge in [-0.3, -0.25) is 4.79 Å². The minimum Gasteiger partial charge on any atom is -0.347 e. The van der Waals surface area contributed by atoms with Crippen molar-refractivity contribution in [2.45, 2.75) is 46.1 Å². The van der Waals surface area contributed by atoms with E-state index in [1.165, 1.54) is 0 Å². The van der Waals surface area contributed by atoms with Crippen molar-refractivity contribution in [2.24, 2.45) is 5.41 Å². The predicted octanol–water partition coefficient (Wildman–Crippen LogP) is 1.74. The maximum absolute atomic E-state index is 12.2. The van der Waals surface area contributed by atoms with Gasteiger partial charge in [0.2, 0.25) is 5.82 Å². The van der Waals surface area contributed by atoms with E-state index in [0.29, 0.717) is 11.2 Å². The van der Waals surface area contributed by atoms with Crippen LogP contribution in [0.4, 0.5) is 0 Å². The molecule has 2 aromatic heterocycles. The lowest BCUT2D eigenvalue weighted by molar-refractivity contribution is 0.0925. The third kappa shape index (κ3) is 2.37. The summed E-state index contributed by atoms with van der Waals surface area (Å²) in [7, 11) is 0. The number of fused-ring (bicyclic) bond motifs is 1. The first-order valence-electron chi connectivity index (χ1n) is 6.94. The van der Waals surface area contributed by atoms with Crippen LogP contribution in [0.1, 0.15) is 49.4 Å². The van der Waals surface area contributed by atoms with Crippen LogP contribution < -0.4 is 5.32 Å². The van der Waals surface area contributed by atoms with E-state index in [-0.39, 0.29) is 17.8 Å². The zero-order valence-electron chi connectivity index (χ0n) is 12.1. The summed E-state index contributed by atoms with van der Waals surface area (Å²) >= 11 is 0. The van der Waals surface area contributed by atoms with Gasteiger partial charge in [-0.25, -0.2) is 9.50 Å². The number of amides is 1. The molecule has 0 bridgehead atoms. The quantitative estimate of drug-likeness (QED) is 0.904. The number of hydrogen-bond donors (Lipinski definition) is 1. The first kappa shape index (κ1) is 13.0. The summed E-state index contributed by atoms with van der Waals surface area (Å²) in [6.45, 7) is 6.37. The van der Waals surface area contributed by atoms with Crippen LogP contribution in [-0.4, -0.2) is 31.5 Å². The van der Waals surface area contributed by atoms with Crippen molar-refractivity contribution in [3.05, 3.63) is 23.8 Å². The van der Waals surface area contributed by atoms with Crippen LogP contribution >= 0.6 is 0 Å². The van der Waals surface area contributed by atoms with Crippen molar-refractivity contribution in [1.29, 1.82) is 0 Å². The Kier molecular flexibility index (Phi) is 2.96. The highest BCUT2D eigenvalue weighted by Crippen LogP contribution is 2.36. The van der Waals surface area contributed by atoms with E-state index in [9.17, 15) is 4.79 Å². The molecule has 1 aliphatic rings. The number of nitrogens with one attached hydrogen (secondary N) is 1. The molecule has 0 spiro atoms. The summed E-state index contributed by atoms with van der Waals surface area (Å²) in [5, 5.41) is 7.25. The van der Waals surface area contributed by atoms with Gasteiger partial charge in [-0.1, -0.05) is 13.8 Å². The number of carbonyl (C=O) groups excluding carboxylic acids is 1. The van der Waals surface area contributed by atoms with Crippen LogP contribution in [0, 0.1) is 12.3 Å². The molecule has 1 saturated carbocycles. The molecule has 1 fully saturated rings. The van der Waals surface area contributed by atoms with E-state index in [2.05, 4.69) is 34.2 Å². The van der Waals surface area contributed by atoms with Gasteiger partial charge < -0.3 is 5.32 Å². The third-order valence-corrected chi connectivity index (χ3v) is 3.94. The normalized spacial score (nSPS) is 21.2. The van der Waals surface area contributed by atoms with Crippen molar-refractivity contribution < 1.29 is 4.79 Å². The van der Waals surface area contributed by atoms with E-state index in [4.69, 9.17) is 0 Å². The van der Waals surface area contributed by atoms with Crippen molar-refractivity contribution in [3.8, 4) is 0 Å². The number of aromatic nitrogens is 4. The maximum Gasteiger partial charge on any atom is 0.291 e. The zero-order chi connectivity index (χ0) is 14.3. The summed E-state index contributed by atoms with van der Waals surface area (Å²) in [5.41, 5.74) is 1.21. The van der Waals surface area contributed by atoms with E-state index in [0.717, 1.165) is 25.0 Å². The first-order valence-corrected chi connectivity index (χ1v) is 6.94. The van der Waals surface area contributed by atoms with Gasteiger partial charge in [-0.2, -0.15) is 4.98 Å². The lowest BCUT2D eigenvalue weighted by Gasteiger charge is -2.17. The first-order chi connectivity index (χ1) is 9.44. The molecule has 1 amide bonds. The Morgan fingerprint density at radius 1 is 1.50 bits per heavy atom. The van der Waals surface area contributed by atoms with Crippen molar-refractivity contribution in [1.82, 2.24) is 24.9 Å². The van der Waals surface area contributed by atoms with Gasteiger partial charge in [0.1, 0.15) is 0 Å². The Hall–Kier alpha value is -1.98. The Bertz CT molecular complexity index is 661. The minimum absolute atomic E-state index is 0.191. The SMILES string of the molecule is Cc1ccnc2nc(C(=O)NC3CCC(C)(C)C3)nn12. The Labute approximate surface area is 117 Å². The average molecular weight is 273 g/mol. The number of aryl methyl sites for hydroxylation is 1. The molecule has 0 aliphatic heterocycles. The number of carbonyl (C=O) groups is 1. The highest BCUT2D eigenvalue weighted by atomic mass is 16.2. The van der Waals surface area contributed by atoms with E-state index >= 15 is 0 Å². The third-order valence-electron chi connectivity index (χ3n) is 3.94. The van der Waals surface area contributed by atoms with E-state index in [1.54, 1.807) is 10.7 Å². The van der Waals surface area contributed by atoms with Crippen molar-refractivity contribution in [2.75, 3.05) is 0 Å². The topological polar surface area (TPSA) is 72.2 Å². The summed E-state index contributed by atoms with van der Waals surface area (Å²) < 4.78 is 1.59. The molecule has 20 heavy (non-hydrogen) atoms. The lowest BCUT2D eigenvalue weighted by atomic mass is 9.92. The minimum atomic E-state index is -0.211. The Balaban J connectivity index is 1.78. The van der Waals surface area contributed by atoms with E-state index in [1.807, 2.05) is 13.0 Å². The molecule has 3 rings (SSSR count). The molecule has 0 radical (unpaired) electrons. The molecule has 2 heterocycles. The second kappa shape index (κ2) is 4.54. The summed E-state index contributed by atoms with van der Waals surface area (Å²) in [6.07, 6.45) is 4.82. The number of hydrogen-bond acceptors (Lipinski definition) is 4. The summed E-state index contributed by atoms with van der Waals surface area (Å²) in [4.78, 5) is 20.5. The van der Waals surface area contributed by atoms with Crippen molar-refractivity contribution in [3.63, 3.8) is 0 Å². The van der Waals surface area contributed by atoms with Crippen LogP contribution in [0.2, 0.25) is 0 Å². The molecule has 0 saturated heterocycles. The van der Waals surface area contributed by atoms with Gasteiger partial charge in [0.05, 0.1) is 0 Å². The van der Waals surface area contributed by atoms with Gasteiger partial charge in [0.15, 0.2) is 0 Å². The van der Waals surface area contributed by atoms with Crippen LogP contribution in [-0.2, 0) is 0 Å². The lowest BCUT2D eigenvalue weighted by Crippen LogP contribution is -2.34. The van der Waals surface area contributed by atoms with Gasteiger partial charge in [0.25, 0.3) is 11.7 Å². The second-order valence-corrected chi connectivity index (χ2v) is 6.31. The fraction of sp³-hybridized carbons (Fsp3) is 0.571. The van der Waals surface area contributed by atoms with Gasteiger partial charge >= 0.3 is 0 Å². The van der Waals surface area contributed by atoms with Crippen LogP contribution in [0.15, 0.2) is 12.3 Å². The standard InChI is InChI=1S/C14H19N5O/c1-9-5-7-15-13-17-11(18-19(9)13)12(20)16-10-4-6-14(2,3)8-10/h5,7,10H,4,6,8H2,1-3H3,(H,16,20). The average Bonchev–Trinajstić information content (AvgIpc) is 2.94. The van der Waals surface area contributed by atoms with Crippen LogP contribution in [0.25, 0.3) is 5.78 Å². The molecule has 0 aromatic carbocycles. The number of rotatable bonds is 2. The Morgan fingerprint density at radius 3 is 2.95 bits per heavy atom. The highest BCUT2D eigenvalue weighted by Gasteiger charge is 2.32. The molecule has 6 heteroatoms. The van der Waals surface area contributed by atoms with Gasteiger partial charge in [-0.15, -0.1) is 5.10 Å². The van der Waals surface area contributed by atoms with Crippen LogP contribution in [0.3, 0.4) is 0 Å². The molecule has 1 atom stereocenters. The molecule has 1 N–H and O–H groups in total. The molecule has 2 aromatic rings. The maximum atomic E-state index is 12.2. The predicted molar refractivity (Wildman–Crippen MR) is 74.4 cm³/mol. The molecule has 1 aliphatic carbocycles. The van der Waals surface area contributed by atoms with Gasteiger partial charge in [-0.05, 0) is 37.7 Å². The molecule has 106 valence electrons. The molecule has 6 nitrogen and oxygen atoms in total.